The molecular weight excluding hydrogens is 218 g/mol. The summed E-state index contributed by atoms with van der Waals surface area (Å²) < 4.78 is 5.25. The van der Waals surface area contributed by atoms with Crippen LogP contribution in [0.15, 0.2) is 30.4 Å². The minimum atomic E-state index is -0.496. The zero-order chi connectivity index (χ0) is 11.4. The van der Waals surface area contributed by atoms with E-state index < -0.39 is 4.92 Å². The Balaban J connectivity index is 2.90. The van der Waals surface area contributed by atoms with E-state index in [2.05, 4.69) is 6.58 Å². The van der Waals surface area contributed by atoms with Crippen molar-refractivity contribution < 1.29 is 9.66 Å². The van der Waals surface area contributed by atoms with Crippen molar-refractivity contribution in [1.82, 2.24) is 0 Å². The number of rotatable bonds is 4. The molecule has 0 aliphatic carbocycles. The van der Waals surface area contributed by atoms with E-state index in [4.69, 9.17) is 16.3 Å². The van der Waals surface area contributed by atoms with Gasteiger partial charge in [-0.15, -0.1) is 0 Å². The van der Waals surface area contributed by atoms with Crippen LogP contribution in [0.5, 0.6) is 5.75 Å². The molecule has 0 aliphatic heterocycles. The SMILES string of the molecule is C=C(C)COc1cc([N+](=O)[O-])ccc1Cl. The van der Waals surface area contributed by atoms with Crippen molar-refractivity contribution in [2.75, 3.05) is 6.61 Å². The van der Waals surface area contributed by atoms with Crippen molar-refractivity contribution >= 4 is 17.3 Å². The number of nitrogens with zero attached hydrogens (tertiary/aromatic N) is 1. The molecule has 1 aromatic rings. The van der Waals surface area contributed by atoms with Crippen LogP contribution < -0.4 is 4.74 Å². The quantitative estimate of drug-likeness (QED) is 0.451. The lowest BCUT2D eigenvalue weighted by atomic mass is 10.3. The number of hydrogen-bond acceptors (Lipinski definition) is 3. The number of benzene rings is 1. The lowest BCUT2D eigenvalue weighted by Gasteiger charge is -2.06. The fraction of sp³-hybridized carbons (Fsp3) is 0.200. The summed E-state index contributed by atoms with van der Waals surface area (Å²) in [5, 5.41) is 10.8. The molecule has 4 nitrogen and oxygen atoms in total. The van der Waals surface area contributed by atoms with Crippen molar-refractivity contribution in [3.05, 3.63) is 45.5 Å². The average molecular weight is 228 g/mol. The van der Waals surface area contributed by atoms with Gasteiger partial charge in [0.05, 0.1) is 16.0 Å². The minimum Gasteiger partial charge on any atom is -0.487 e. The first-order valence-corrected chi connectivity index (χ1v) is 4.59. The molecule has 0 bridgehead atoms. The number of nitro groups is 1. The van der Waals surface area contributed by atoms with Crippen LogP contribution in [-0.4, -0.2) is 11.5 Å². The first-order valence-electron chi connectivity index (χ1n) is 4.22. The van der Waals surface area contributed by atoms with E-state index in [1.165, 1.54) is 18.2 Å². The van der Waals surface area contributed by atoms with Crippen molar-refractivity contribution in [2.24, 2.45) is 0 Å². The fourth-order valence-electron chi connectivity index (χ4n) is 0.917. The molecule has 0 spiro atoms. The highest BCUT2D eigenvalue weighted by Crippen LogP contribution is 2.28. The number of nitro benzene ring substituents is 1. The molecule has 0 heterocycles. The molecule has 0 amide bonds. The molecule has 1 aromatic carbocycles. The molecule has 5 heteroatoms. The van der Waals surface area contributed by atoms with E-state index in [0.29, 0.717) is 17.4 Å². The van der Waals surface area contributed by atoms with Crippen LogP contribution in [0.3, 0.4) is 0 Å². The van der Waals surface area contributed by atoms with Crippen molar-refractivity contribution in [2.45, 2.75) is 6.92 Å². The summed E-state index contributed by atoms with van der Waals surface area (Å²) in [4.78, 5) is 10.00. The molecule has 0 aromatic heterocycles. The fourth-order valence-corrected chi connectivity index (χ4v) is 1.09. The Kier molecular flexibility index (Phi) is 3.68. The molecule has 0 aliphatic rings. The maximum atomic E-state index is 10.5. The summed E-state index contributed by atoms with van der Waals surface area (Å²) in [5.41, 5.74) is 0.772. The summed E-state index contributed by atoms with van der Waals surface area (Å²) in [6, 6.07) is 4.06. The van der Waals surface area contributed by atoms with E-state index in [1.807, 2.05) is 0 Å². The van der Waals surface area contributed by atoms with Crippen LogP contribution >= 0.6 is 11.6 Å². The van der Waals surface area contributed by atoms with Crippen LogP contribution in [0.2, 0.25) is 5.02 Å². The third kappa shape index (κ3) is 3.25. The average Bonchev–Trinajstić information content (AvgIpc) is 2.16. The third-order valence-electron chi connectivity index (χ3n) is 1.60. The summed E-state index contributed by atoms with van der Waals surface area (Å²) in [5.74, 6) is 0.300. The third-order valence-corrected chi connectivity index (χ3v) is 1.91. The Morgan fingerprint density at radius 3 is 2.87 bits per heavy atom. The maximum Gasteiger partial charge on any atom is 0.273 e. The number of ether oxygens (including phenoxy) is 1. The normalized spacial score (nSPS) is 9.73. The van der Waals surface area contributed by atoms with Crippen LogP contribution in [0.25, 0.3) is 0 Å². The second-order valence-corrected chi connectivity index (χ2v) is 3.52. The maximum absolute atomic E-state index is 10.5. The summed E-state index contributed by atoms with van der Waals surface area (Å²) in [6.45, 7) is 5.74. The van der Waals surface area contributed by atoms with Gasteiger partial charge in [0.25, 0.3) is 5.69 Å². The smallest absolute Gasteiger partial charge is 0.273 e. The highest BCUT2D eigenvalue weighted by Gasteiger charge is 2.10. The molecule has 0 saturated carbocycles. The molecule has 80 valence electrons. The summed E-state index contributed by atoms with van der Waals surface area (Å²) >= 11 is 5.81. The van der Waals surface area contributed by atoms with Gasteiger partial charge in [-0.2, -0.15) is 0 Å². The van der Waals surface area contributed by atoms with Crippen molar-refractivity contribution in [1.29, 1.82) is 0 Å². The largest absolute Gasteiger partial charge is 0.487 e. The first-order chi connectivity index (χ1) is 7.00. The van der Waals surface area contributed by atoms with Crippen LogP contribution in [0.1, 0.15) is 6.92 Å². The van der Waals surface area contributed by atoms with E-state index in [1.54, 1.807) is 6.92 Å². The van der Waals surface area contributed by atoms with Crippen molar-refractivity contribution in [3.63, 3.8) is 0 Å². The number of non-ortho nitro benzene ring substituents is 1. The molecule has 0 saturated heterocycles. The van der Waals surface area contributed by atoms with Gasteiger partial charge >= 0.3 is 0 Å². The molecule has 1 rings (SSSR count). The van der Waals surface area contributed by atoms with Gasteiger partial charge < -0.3 is 4.74 Å². The van der Waals surface area contributed by atoms with Gasteiger partial charge in [-0.1, -0.05) is 18.2 Å². The van der Waals surface area contributed by atoms with E-state index in [0.717, 1.165) is 5.57 Å². The van der Waals surface area contributed by atoms with Gasteiger partial charge in [-0.05, 0) is 18.6 Å². The first kappa shape index (κ1) is 11.5. The van der Waals surface area contributed by atoms with Crippen molar-refractivity contribution in [3.8, 4) is 5.75 Å². The molecular formula is C10H10ClNO3. The molecule has 0 fully saturated rings. The minimum absolute atomic E-state index is 0.0453. The molecule has 15 heavy (non-hydrogen) atoms. The second-order valence-electron chi connectivity index (χ2n) is 3.12. The van der Waals surface area contributed by atoms with Gasteiger partial charge in [0, 0.05) is 6.07 Å². The summed E-state index contributed by atoms with van der Waals surface area (Å²) in [6.07, 6.45) is 0. The lowest BCUT2D eigenvalue weighted by molar-refractivity contribution is -0.384. The zero-order valence-corrected chi connectivity index (χ0v) is 8.95. The van der Waals surface area contributed by atoms with Crippen LogP contribution in [-0.2, 0) is 0 Å². The predicted molar refractivity (Wildman–Crippen MR) is 58.4 cm³/mol. The van der Waals surface area contributed by atoms with Crippen LogP contribution in [0.4, 0.5) is 5.69 Å². The Bertz CT molecular complexity index is 404. The topological polar surface area (TPSA) is 52.4 Å². The van der Waals surface area contributed by atoms with Crippen LogP contribution in [0, 0.1) is 10.1 Å². The predicted octanol–water partition coefficient (Wildman–Crippen LogP) is 3.20. The lowest BCUT2D eigenvalue weighted by Crippen LogP contribution is -1.99. The Hall–Kier alpha value is -1.55. The molecule has 0 unspecified atom stereocenters. The number of hydrogen-bond donors (Lipinski definition) is 0. The second kappa shape index (κ2) is 4.79. The Morgan fingerprint density at radius 2 is 2.33 bits per heavy atom. The van der Waals surface area contributed by atoms with E-state index >= 15 is 0 Å². The summed E-state index contributed by atoms with van der Waals surface area (Å²) in [7, 11) is 0. The van der Waals surface area contributed by atoms with Gasteiger partial charge in [-0.3, -0.25) is 10.1 Å². The molecule has 0 radical (unpaired) electrons. The Labute approximate surface area is 92.3 Å². The van der Waals surface area contributed by atoms with E-state index in [-0.39, 0.29) is 5.69 Å². The monoisotopic (exact) mass is 227 g/mol. The standard InChI is InChI=1S/C10H10ClNO3/c1-7(2)6-15-10-5-8(12(13)14)3-4-9(10)11/h3-5H,1,6H2,2H3. The van der Waals surface area contributed by atoms with Gasteiger partial charge in [-0.25, -0.2) is 0 Å². The van der Waals surface area contributed by atoms with E-state index in [9.17, 15) is 10.1 Å². The highest BCUT2D eigenvalue weighted by atomic mass is 35.5. The highest BCUT2D eigenvalue weighted by molar-refractivity contribution is 6.32. The van der Waals surface area contributed by atoms with Gasteiger partial charge in [0.15, 0.2) is 0 Å². The zero-order valence-electron chi connectivity index (χ0n) is 8.20. The van der Waals surface area contributed by atoms with Gasteiger partial charge in [0.1, 0.15) is 12.4 Å². The molecule has 0 atom stereocenters. The Morgan fingerprint density at radius 1 is 1.67 bits per heavy atom. The van der Waals surface area contributed by atoms with Gasteiger partial charge in [0.2, 0.25) is 0 Å². The molecule has 0 N–H and O–H groups in total. The number of halogens is 1.